The van der Waals surface area contributed by atoms with Crippen LogP contribution < -0.4 is 29.6 Å². The molecule has 1 saturated heterocycles. The van der Waals surface area contributed by atoms with E-state index < -0.39 is 48.7 Å². The molecule has 1 aromatic carbocycles. The van der Waals surface area contributed by atoms with Gasteiger partial charge in [0.2, 0.25) is 0 Å². The van der Waals surface area contributed by atoms with Gasteiger partial charge in [0.25, 0.3) is 11.4 Å². The van der Waals surface area contributed by atoms with Crippen LogP contribution in [0.3, 0.4) is 0 Å². The number of aliphatic hydroxyl groups is 5. The number of aromatic hydroxyl groups is 1. The minimum atomic E-state index is -2.61. The molecule has 24 heavy (non-hydrogen) atoms. The molecule has 1 heterocycles. The Morgan fingerprint density at radius 2 is 1.50 bits per heavy atom. The van der Waals surface area contributed by atoms with Crippen molar-refractivity contribution in [2.45, 2.75) is 30.7 Å². The Labute approximate surface area is 162 Å². The van der Waals surface area contributed by atoms with Gasteiger partial charge in [-0.15, -0.1) is 12.1 Å². The second-order valence-electron chi connectivity index (χ2n) is 4.21. The molecule has 0 radical (unpaired) electrons. The normalized spacial score (nSPS) is 28.6. The van der Waals surface area contributed by atoms with E-state index in [0.29, 0.717) is 5.75 Å². The molecule has 1 aromatic rings. The van der Waals surface area contributed by atoms with E-state index >= 15 is 0 Å². The van der Waals surface area contributed by atoms with Crippen LogP contribution >= 0.6 is 0 Å². The third kappa shape index (κ3) is 10.7. The maximum atomic E-state index is 9.12. The average Bonchev–Trinajstić information content (AvgIpc) is 2.50. The molecule has 5 atom stereocenters. The number of aliphatic hydroxyl groups excluding tert-OH is 5. The topological polar surface area (TPSA) is 188 Å². The van der Waals surface area contributed by atoms with Crippen LogP contribution in [0.2, 0.25) is 0 Å². The van der Waals surface area contributed by atoms with Gasteiger partial charge in [-0.05, 0) is 0 Å². The summed E-state index contributed by atoms with van der Waals surface area (Å²) in [4.78, 5) is 0. The second-order valence-corrected chi connectivity index (χ2v) is 4.67. The van der Waals surface area contributed by atoms with Crippen LogP contribution in [-0.4, -0.2) is 81.3 Å². The third-order valence-corrected chi connectivity index (χ3v) is 2.57. The summed E-state index contributed by atoms with van der Waals surface area (Å²) in [6.07, 6.45) is -7.04. The van der Waals surface area contributed by atoms with E-state index in [0.717, 1.165) is 0 Å². The first-order valence-electron chi connectivity index (χ1n) is 6.14. The number of phenols is 1. The van der Waals surface area contributed by atoms with Crippen molar-refractivity contribution in [2.75, 3.05) is 6.61 Å². The van der Waals surface area contributed by atoms with E-state index in [1.807, 2.05) is 0 Å². The minimum Gasteiger partial charge on any atom is -0.533 e. The fourth-order valence-corrected chi connectivity index (χ4v) is 1.46. The molecule has 2 rings (SSSR count). The van der Waals surface area contributed by atoms with Gasteiger partial charge in [0.1, 0.15) is 24.4 Å². The summed E-state index contributed by atoms with van der Waals surface area (Å²) in [6.45, 7) is -0.526. The van der Waals surface area contributed by atoms with Crippen LogP contribution in [0, 0.1) is 6.07 Å². The Kier molecular flexibility index (Phi) is 15.3. The van der Waals surface area contributed by atoms with E-state index in [1.165, 1.54) is 0 Å². The summed E-state index contributed by atoms with van der Waals surface area (Å²) >= 11 is -2.61. The van der Waals surface area contributed by atoms with E-state index in [2.05, 4.69) is 10.8 Å². The maximum absolute atomic E-state index is 9.12. The van der Waals surface area contributed by atoms with E-state index in [1.54, 1.807) is 24.3 Å². The van der Waals surface area contributed by atoms with Crippen LogP contribution in [0.4, 0.5) is 0 Å². The van der Waals surface area contributed by atoms with E-state index in [9.17, 15) is 0 Å². The largest absolute Gasteiger partial charge is 1.00 e. The van der Waals surface area contributed by atoms with Crippen LogP contribution in [0.5, 0.6) is 5.75 Å². The second kappa shape index (κ2) is 14.1. The SMILES string of the molecule is O=S(O)O.OC[C@H]1O[C@H](O)[C@H](O)[C@@H](O)[C@@H]1O.Oc1cc[c-]cc1.[Na+]. The summed E-state index contributed by atoms with van der Waals surface area (Å²) in [6, 6.07) is 9.26. The zero-order valence-corrected chi connectivity index (χ0v) is 15.5. The van der Waals surface area contributed by atoms with Gasteiger partial charge in [0, 0.05) is 5.75 Å². The number of ether oxygens (including phenoxy) is 1. The van der Waals surface area contributed by atoms with Crippen molar-refractivity contribution < 1.29 is 78.2 Å². The molecule has 12 heteroatoms. The molecule has 1 aliphatic rings. The van der Waals surface area contributed by atoms with Crippen molar-refractivity contribution >= 4 is 11.4 Å². The van der Waals surface area contributed by atoms with Crippen LogP contribution in [0.1, 0.15) is 0 Å². The summed E-state index contributed by atoms with van der Waals surface area (Å²) in [5, 5.41) is 53.3. The zero-order chi connectivity index (χ0) is 18.0. The van der Waals surface area contributed by atoms with Gasteiger partial charge in [-0.3, -0.25) is 9.11 Å². The smallest absolute Gasteiger partial charge is 0.533 e. The molecule has 0 amide bonds. The van der Waals surface area contributed by atoms with Crippen molar-refractivity contribution in [3.05, 3.63) is 30.3 Å². The van der Waals surface area contributed by atoms with Gasteiger partial charge < -0.3 is 35.4 Å². The quantitative estimate of drug-likeness (QED) is 0.133. The van der Waals surface area contributed by atoms with Gasteiger partial charge in [-0.2, -0.15) is 22.4 Å². The molecule has 0 bridgehead atoms. The van der Waals surface area contributed by atoms with E-state index in [-0.39, 0.29) is 29.6 Å². The molecule has 0 unspecified atom stereocenters. The van der Waals surface area contributed by atoms with Crippen LogP contribution in [0.15, 0.2) is 24.3 Å². The molecule has 0 saturated carbocycles. The molecule has 0 spiro atoms. The number of hydrogen-bond acceptors (Lipinski definition) is 8. The van der Waals surface area contributed by atoms with Crippen molar-refractivity contribution in [2.24, 2.45) is 0 Å². The monoisotopic (exact) mass is 378 g/mol. The standard InChI is InChI=1S/C6H12O6.C6H5O.Na.H2O3S/c7-1-2-3(8)4(9)5(10)6(11)12-2;7-6-4-2-1-3-5-6;;1-4(2)3/h2-11H,1H2;2-5,7H;;(H2,1,2,3)/q;-1;+1;/t2-,3-,4+,5-,6+;;;/m1.../s1. The van der Waals surface area contributed by atoms with Crippen molar-refractivity contribution in [3.63, 3.8) is 0 Å². The van der Waals surface area contributed by atoms with Crippen molar-refractivity contribution in [1.29, 1.82) is 0 Å². The predicted octanol–water partition coefficient (Wildman–Crippen LogP) is -5.34. The molecule has 0 aromatic heterocycles. The average molecular weight is 378 g/mol. The van der Waals surface area contributed by atoms with Crippen molar-refractivity contribution in [1.82, 2.24) is 0 Å². The minimum absolute atomic E-state index is 0. The van der Waals surface area contributed by atoms with Gasteiger partial charge in [0.05, 0.1) is 6.61 Å². The zero-order valence-electron chi connectivity index (χ0n) is 12.7. The van der Waals surface area contributed by atoms with E-state index in [4.69, 9.17) is 44.0 Å². The molecule has 0 aliphatic carbocycles. The van der Waals surface area contributed by atoms with Gasteiger partial charge in [-0.1, -0.05) is 0 Å². The summed E-state index contributed by atoms with van der Waals surface area (Å²) in [5.74, 6) is 0.291. The molecule has 134 valence electrons. The Balaban J connectivity index is 0. The molecular formula is C12H19NaO10S. The fraction of sp³-hybridized carbons (Fsp3) is 0.500. The molecule has 8 N–H and O–H groups in total. The third-order valence-electron chi connectivity index (χ3n) is 2.57. The van der Waals surface area contributed by atoms with Gasteiger partial charge in [0.15, 0.2) is 6.29 Å². The first-order valence-corrected chi connectivity index (χ1v) is 7.20. The number of rotatable bonds is 1. The Bertz CT molecular complexity index is 442. The first-order chi connectivity index (χ1) is 10.7. The van der Waals surface area contributed by atoms with Crippen LogP contribution in [0.25, 0.3) is 0 Å². The Hall–Kier alpha value is -0.150. The molecule has 10 nitrogen and oxygen atoms in total. The Morgan fingerprint density at radius 3 is 1.83 bits per heavy atom. The fourth-order valence-electron chi connectivity index (χ4n) is 1.46. The number of phenolic OH excluding ortho intramolecular Hbond substituents is 1. The number of hydrogen-bond donors (Lipinski definition) is 8. The maximum Gasteiger partial charge on any atom is 1.00 e. The summed E-state index contributed by atoms with van der Waals surface area (Å²) < 4.78 is 27.4. The first kappa shape index (κ1) is 26.1. The molecular weight excluding hydrogens is 359 g/mol. The van der Waals surface area contributed by atoms with Crippen molar-refractivity contribution in [3.8, 4) is 5.75 Å². The summed E-state index contributed by atoms with van der Waals surface area (Å²) in [5.41, 5.74) is 0. The molecule has 1 aliphatic heterocycles. The summed E-state index contributed by atoms with van der Waals surface area (Å²) in [7, 11) is 0. The number of benzene rings is 1. The van der Waals surface area contributed by atoms with Crippen LogP contribution in [-0.2, 0) is 16.1 Å². The Morgan fingerprint density at radius 1 is 1.04 bits per heavy atom. The molecule has 1 fully saturated rings. The van der Waals surface area contributed by atoms with Gasteiger partial charge >= 0.3 is 29.6 Å². The predicted molar refractivity (Wildman–Crippen MR) is 76.3 cm³/mol. The van der Waals surface area contributed by atoms with Gasteiger partial charge in [-0.25, -0.2) is 0 Å².